The van der Waals surface area contributed by atoms with E-state index in [-0.39, 0.29) is 60.8 Å². The molecule has 57 heavy (non-hydrogen) atoms. The zero-order valence-corrected chi connectivity index (χ0v) is 36.8. The minimum absolute atomic E-state index is 0.00191. The molecule has 3 aliphatic rings. The molecule has 0 aromatic heterocycles. The predicted molar refractivity (Wildman–Crippen MR) is 219 cm³/mol. The molecule has 14 atom stereocenters. The number of alkyl halides is 1. The van der Waals surface area contributed by atoms with Crippen LogP contribution in [0.5, 0.6) is 0 Å². The van der Waals surface area contributed by atoms with Crippen LogP contribution in [0.25, 0.3) is 0 Å². The van der Waals surface area contributed by atoms with Crippen LogP contribution in [0.4, 0.5) is 0 Å². The number of esters is 1. The summed E-state index contributed by atoms with van der Waals surface area (Å²) in [6, 6.07) is -1.11. The lowest BCUT2D eigenvalue weighted by molar-refractivity contribution is -0.169. The number of hydrogen-bond acceptors (Lipinski definition) is 11. The van der Waals surface area contributed by atoms with Crippen molar-refractivity contribution in [3.8, 4) is 0 Å². The lowest BCUT2D eigenvalue weighted by atomic mass is 9.80. The quantitative estimate of drug-likeness (QED) is 0.129. The molecule has 1 saturated carbocycles. The van der Waals surface area contributed by atoms with Gasteiger partial charge in [-0.2, -0.15) is 0 Å². The number of amides is 1. The van der Waals surface area contributed by atoms with Gasteiger partial charge in [-0.1, -0.05) is 46.8 Å². The monoisotopic (exact) mass is 825 g/mol. The lowest BCUT2D eigenvalue weighted by Gasteiger charge is -2.39. The van der Waals surface area contributed by atoms with E-state index >= 15 is 0 Å². The number of Topliss-reactive ketones (excluding diaryl/α,β-unsaturated/α-hetero) is 2. The van der Waals surface area contributed by atoms with Crippen LogP contribution in [0, 0.1) is 29.6 Å². The number of carbonyl (C=O) groups excluding carboxylic acids is 4. The molecular formula is C44H72ClNO11. The number of aliphatic hydroxyl groups is 3. The van der Waals surface area contributed by atoms with Gasteiger partial charge in [-0.15, -0.1) is 11.6 Å². The fraction of sp³-hybridized carbons (Fsp3) is 0.818. The third-order valence-electron chi connectivity index (χ3n) is 13.0. The molecule has 1 unspecified atom stereocenters. The molecule has 326 valence electrons. The third-order valence-corrected chi connectivity index (χ3v) is 13.5. The number of carbonyl (C=O) groups is 4. The molecule has 0 radical (unpaired) electrons. The van der Waals surface area contributed by atoms with Gasteiger partial charge in [0.05, 0.1) is 29.8 Å². The Morgan fingerprint density at radius 1 is 0.930 bits per heavy atom. The van der Waals surface area contributed by atoms with Crippen LogP contribution in [0.15, 0.2) is 23.3 Å². The van der Waals surface area contributed by atoms with Crippen molar-refractivity contribution in [2.75, 3.05) is 27.9 Å². The van der Waals surface area contributed by atoms with E-state index in [2.05, 4.69) is 0 Å². The average Bonchev–Trinajstić information content (AvgIpc) is 3.18. The Bertz CT molecular complexity index is 1420. The number of halogens is 1. The Morgan fingerprint density at radius 3 is 2.18 bits per heavy atom. The number of aliphatic hydroxyl groups excluding tert-OH is 2. The number of fused-ring (bicyclic) bond motifs is 1. The molecule has 0 bridgehead atoms. The molecule has 2 aliphatic heterocycles. The number of cyclic esters (lactones) is 1. The number of allylic oxidation sites excluding steroid dienone is 3. The molecule has 2 heterocycles. The van der Waals surface area contributed by atoms with Crippen LogP contribution in [-0.2, 0) is 38.1 Å². The van der Waals surface area contributed by atoms with Crippen LogP contribution in [0.2, 0.25) is 0 Å². The van der Waals surface area contributed by atoms with Crippen molar-refractivity contribution < 1.29 is 53.4 Å². The summed E-state index contributed by atoms with van der Waals surface area (Å²) in [5.41, 5.74) is -0.854. The van der Waals surface area contributed by atoms with E-state index in [1.165, 1.54) is 26.0 Å². The fourth-order valence-corrected chi connectivity index (χ4v) is 9.35. The van der Waals surface area contributed by atoms with Gasteiger partial charge in [0, 0.05) is 40.2 Å². The standard InChI is InChI=1S/C44H72ClNO11/c1-11-31-19-25(2)18-26(3)20-37(55-9)39(49)38(56-10)22-28(5)44(7,53)41(50)42(51)46-17-13-12-14-33(46)43(52)57-40(29(6)34(47)24-35(31)48)27(4)21-30-15-16-32(45)36(23-30)54-8/h19,21,25-26,28-30,32-34,36-40,47,49,53H,11-18,20,22-24H2,1-10H3/t25?,26-,28+,29+,30-,32-,33-,34-,36+,37-,38-,39+,40+,44-/m0/s1. The van der Waals surface area contributed by atoms with Crippen molar-refractivity contribution in [1.82, 2.24) is 4.90 Å². The number of rotatable bonds is 6. The predicted octanol–water partition coefficient (Wildman–Crippen LogP) is 5.74. The van der Waals surface area contributed by atoms with Crippen molar-refractivity contribution in [3.63, 3.8) is 0 Å². The first-order valence-corrected chi connectivity index (χ1v) is 21.5. The van der Waals surface area contributed by atoms with Crippen molar-refractivity contribution in [1.29, 1.82) is 0 Å². The highest BCUT2D eigenvalue weighted by Gasteiger charge is 2.47. The average molecular weight is 827 g/mol. The zero-order valence-electron chi connectivity index (χ0n) is 36.1. The molecule has 1 saturated heterocycles. The van der Waals surface area contributed by atoms with E-state index in [9.17, 15) is 34.5 Å². The molecule has 2 fully saturated rings. The smallest absolute Gasteiger partial charge is 0.329 e. The van der Waals surface area contributed by atoms with Crippen LogP contribution in [-0.4, -0.2) is 125 Å². The highest BCUT2D eigenvalue weighted by Crippen LogP contribution is 2.35. The normalized spacial score (nSPS) is 39.6. The van der Waals surface area contributed by atoms with E-state index in [4.69, 9.17) is 30.5 Å². The van der Waals surface area contributed by atoms with Crippen LogP contribution in [0.1, 0.15) is 119 Å². The van der Waals surface area contributed by atoms with E-state index < -0.39 is 71.7 Å². The molecular weight excluding hydrogens is 754 g/mol. The minimum atomic E-state index is -2.15. The van der Waals surface area contributed by atoms with Gasteiger partial charge in [0.1, 0.15) is 23.9 Å². The van der Waals surface area contributed by atoms with Crippen molar-refractivity contribution >= 4 is 35.0 Å². The first kappa shape index (κ1) is 49.2. The van der Waals surface area contributed by atoms with Gasteiger partial charge in [0.25, 0.3) is 11.7 Å². The molecule has 0 aromatic rings. The van der Waals surface area contributed by atoms with Gasteiger partial charge in [-0.05, 0) is 113 Å². The zero-order chi connectivity index (χ0) is 42.8. The van der Waals surface area contributed by atoms with Gasteiger partial charge >= 0.3 is 5.97 Å². The number of nitrogens with zero attached hydrogens (tertiary/aromatic N) is 1. The number of methoxy groups -OCH3 is 3. The van der Waals surface area contributed by atoms with Gasteiger partial charge < -0.3 is 39.2 Å². The van der Waals surface area contributed by atoms with Crippen LogP contribution in [0.3, 0.4) is 0 Å². The van der Waals surface area contributed by atoms with E-state index in [0.717, 1.165) is 12.8 Å². The summed E-state index contributed by atoms with van der Waals surface area (Å²) in [6.07, 6.45) is 4.24. The maximum absolute atomic E-state index is 14.2. The summed E-state index contributed by atoms with van der Waals surface area (Å²) >= 11 is 6.52. The molecule has 3 rings (SSSR count). The molecule has 12 nitrogen and oxygen atoms in total. The number of hydrogen-bond donors (Lipinski definition) is 3. The first-order chi connectivity index (χ1) is 26.8. The fourth-order valence-electron chi connectivity index (χ4n) is 9.02. The Labute approximate surface area is 346 Å². The maximum Gasteiger partial charge on any atom is 0.329 e. The third kappa shape index (κ3) is 12.9. The Morgan fingerprint density at radius 2 is 1.56 bits per heavy atom. The molecule has 3 N–H and O–H groups in total. The van der Waals surface area contributed by atoms with Gasteiger partial charge in [-0.3, -0.25) is 14.4 Å². The van der Waals surface area contributed by atoms with Crippen molar-refractivity contribution in [3.05, 3.63) is 23.3 Å². The largest absolute Gasteiger partial charge is 0.456 e. The summed E-state index contributed by atoms with van der Waals surface area (Å²) in [5.74, 6) is -4.40. The molecule has 1 amide bonds. The second kappa shape index (κ2) is 22.4. The van der Waals surface area contributed by atoms with Gasteiger partial charge in [0.15, 0.2) is 5.78 Å². The Kier molecular flexibility index (Phi) is 19.3. The second-order valence-corrected chi connectivity index (χ2v) is 18.0. The summed E-state index contributed by atoms with van der Waals surface area (Å²) in [5, 5.41) is 34.7. The van der Waals surface area contributed by atoms with E-state index in [1.54, 1.807) is 21.0 Å². The molecule has 1 aliphatic carbocycles. The first-order valence-electron chi connectivity index (χ1n) is 21.1. The van der Waals surface area contributed by atoms with Crippen molar-refractivity contribution in [2.24, 2.45) is 29.6 Å². The summed E-state index contributed by atoms with van der Waals surface area (Å²) < 4.78 is 23.3. The summed E-state index contributed by atoms with van der Waals surface area (Å²) in [4.78, 5) is 57.1. The number of ketones is 2. The molecule has 0 aromatic carbocycles. The van der Waals surface area contributed by atoms with Gasteiger partial charge in [-0.25, -0.2) is 4.79 Å². The Balaban J connectivity index is 2.08. The second-order valence-electron chi connectivity index (χ2n) is 17.4. The number of ether oxygens (including phenoxy) is 4. The maximum atomic E-state index is 14.2. The molecule has 0 spiro atoms. The number of piperidine rings is 1. The topological polar surface area (TPSA) is 169 Å². The van der Waals surface area contributed by atoms with Crippen LogP contribution >= 0.6 is 11.6 Å². The lowest BCUT2D eigenvalue weighted by Crippen LogP contribution is -2.57. The van der Waals surface area contributed by atoms with E-state index in [0.29, 0.717) is 49.7 Å². The van der Waals surface area contributed by atoms with Gasteiger partial charge in [0.2, 0.25) is 0 Å². The highest BCUT2D eigenvalue weighted by molar-refractivity contribution is 6.39. The minimum Gasteiger partial charge on any atom is -0.456 e. The van der Waals surface area contributed by atoms with Crippen molar-refractivity contribution in [2.45, 2.75) is 173 Å². The highest BCUT2D eigenvalue weighted by atomic mass is 35.5. The summed E-state index contributed by atoms with van der Waals surface area (Å²) in [7, 11) is 4.58. The Hall–Kier alpha value is -2.19. The van der Waals surface area contributed by atoms with E-state index in [1.807, 2.05) is 39.8 Å². The molecule has 13 heteroatoms. The SMILES string of the molecule is CCC1=CC(C)C[C@H](C)C[C@H](OC)[C@@H](O)[C@@H](OC)C[C@@H](C)[C@](C)(O)C(=O)C(=O)N2CCCC[C@H]2C(=O)O[C@H](C(C)=C[C@@H]2CC[C@H](Cl)[C@H](OC)C2)[C@H](C)[C@@H](O)CC1=O. The summed E-state index contributed by atoms with van der Waals surface area (Å²) in [6.45, 7) is 12.6. The van der Waals surface area contributed by atoms with Crippen LogP contribution < -0.4 is 0 Å².